The van der Waals surface area contributed by atoms with Crippen molar-refractivity contribution in [3.8, 4) is 0 Å². The first-order valence-corrected chi connectivity index (χ1v) is 4.09. The molecule has 0 saturated heterocycles. The van der Waals surface area contributed by atoms with Crippen molar-refractivity contribution < 1.29 is 0 Å². The standard InChI is InChI=1S/C9H19N/c1-5-8(6-2)9(7-3)10-4/h7-10H,3,5-6H2,1-2,4H3. The zero-order chi connectivity index (χ0) is 7.98. The van der Waals surface area contributed by atoms with Gasteiger partial charge >= 0.3 is 0 Å². The van der Waals surface area contributed by atoms with E-state index in [-0.39, 0.29) is 0 Å². The second-order valence-electron chi connectivity index (χ2n) is 2.63. The number of likely N-dealkylation sites (N-methyl/N-ethyl adjacent to an activating group) is 1. The van der Waals surface area contributed by atoms with Crippen LogP contribution in [0.1, 0.15) is 26.7 Å². The van der Waals surface area contributed by atoms with Crippen LogP contribution in [-0.2, 0) is 0 Å². The molecular weight excluding hydrogens is 122 g/mol. The van der Waals surface area contributed by atoms with E-state index in [2.05, 4.69) is 25.7 Å². The minimum absolute atomic E-state index is 0.495. The van der Waals surface area contributed by atoms with E-state index < -0.39 is 0 Å². The minimum atomic E-state index is 0.495. The molecule has 1 unspecified atom stereocenters. The van der Waals surface area contributed by atoms with Gasteiger partial charge in [0.15, 0.2) is 0 Å². The van der Waals surface area contributed by atoms with Crippen molar-refractivity contribution in [3.05, 3.63) is 12.7 Å². The summed E-state index contributed by atoms with van der Waals surface area (Å²) >= 11 is 0. The topological polar surface area (TPSA) is 12.0 Å². The summed E-state index contributed by atoms with van der Waals surface area (Å²) < 4.78 is 0. The summed E-state index contributed by atoms with van der Waals surface area (Å²) in [5.41, 5.74) is 0. The Hall–Kier alpha value is -0.300. The van der Waals surface area contributed by atoms with Crippen LogP contribution in [-0.4, -0.2) is 13.1 Å². The van der Waals surface area contributed by atoms with Crippen molar-refractivity contribution in [2.24, 2.45) is 5.92 Å². The van der Waals surface area contributed by atoms with E-state index >= 15 is 0 Å². The fourth-order valence-electron chi connectivity index (χ4n) is 1.34. The van der Waals surface area contributed by atoms with Gasteiger partial charge in [0.05, 0.1) is 0 Å². The lowest BCUT2D eigenvalue weighted by atomic mass is 9.94. The molecule has 0 aliphatic heterocycles. The van der Waals surface area contributed by atoms with Crippen LogP contribution in [0, 0.1) is 5.92 Å². The first-order valence-electron chi connectivity index (χ1n) is 4.09. The molecule has 0 aromatic heterocycles. The first-order chi connectivity index (χ1) is 4.79. The van der Waals surface area contributed by atoms with E-state index in [1.165, 1.54) is 12.8 Å². The highest BCUT2D eigenvalue weighted by molar-refractivity contribution is 4.88. The monoisotopic (exact) mass is 141 g/mol. The molecule has 60 valence electrons. The van der Waals surface area contributed by atoms with Gasteiger partial charge in [-0.1, -0.05) is 32.8 Å². The summed E-state index contributed by atoms with van der Waals surface area (Å²) in [4.78, 5) is 0. The lowest BCUT2D eigenvalue weighted by Gasteiger charge is -2.20. The fourth-order valence-corrected chi connectivity index (χ4v) is 1.34. The predicted molar refractivity (Wildman–Crippen MR) is 47.1 cm³/mol. The Balaban J connectivity index is 3.81. The quantitative estimate of drug-likeness (QED) is 0.579. The van der Waals surface area contributed by atoms with Crippen molar-refractivity contribution in [2.45, 2.75) is 32.7 Å². The largest absolute Gasteiger partial charge is 0.313 e. The Labute approximate surface area is 64.5 Å². The van der Waals surface area contributed by atoms with Gasteiger partial charge in [0, 0.05) is 6.04 Å². The van der Waals surface area contributed by atoms with Crippen LogP contribution < -0.4 is 5.32 Å². The van der Waals surface area contributed by atoms with Gasteiger partial charge in [-0.05, 0) is 13.0 Å². The van der Waals surface area contributed by atoms with Crippen LogP contribution in [0.5, 0.6) is 0 Å². The van der Waals surface area contributed by atoms with Crippen LogP contribution >= 0.6 is 0 Å². The molecule has 1 nitrogen and oxygen atoms in total. The molecule has 0 spiro atoms. The Morgan fingerprint density at radius 3 is 2.00 bits per heavy atom. The molecule has 0 saturated carbocycles. The normalized spacial score (nSPS) is 13.6. The van der Waals surface area contributed by atoms with E-state index in [0.29, 0.717) is 6.04 Å². The molecule has 0 aliphatic rings. The molecule has 0 aromatic carbocycles. The fraction of sp³-hybridized carbons (Fsp3) is 0.778. The Morgan fingerprint density at radius 2 is 1.90 bits per heavy atom. The SMILES string of the molecule is C=CC(NC)C(CC)CC. The second kappa shape index (κ2) is 5.48. The van der Waals surface area contributed by atoms with E-state index in [4.69, 9.17) is 0 Å². The van der Waals surface area contributed by atoms with Crippen molar-refractivity contribution in [2.75, 3.05) is 7.05 Å². The molecule has 0 aliphatic carbocycles. The van der Waals surface area contributed by atoms with Crippen LogP contribution in [0.25, 0.3) is 0 Å². The maximum Gasteiger partial charge on any atom is 0.0272 e. The molecule has 0 fully saturated rings. The highest BCUT2D eigenvalue weighted by Crippen LogP contribution is 2.12. The van der Waals surface area contributed by atoms with Gasteiger partial charge in [0.25, 0.3) is 0 Å². The average Bonchev–Trinajstić information content (AvgIpc) is 2.00. The summed E-state index contributed by atoms with van der Waals surface area (Å²) in [7, 11) is 1.99. The molecule has 1 N–H and O–H groups in total. The molecule has 1 heteroatoms. The lowest BCUT2D eigenvalue weighted by Crippen LogP contribution is -2.30. The van der Waals surface area contributed by atoms with Crippen molar-refractivity contribution in [3.63, 3.8) is 0 Å². The van der Waals surface area contributed by atoms with Crippen molar-refractivity contribution in [1.29, 1.82) is 0 Å². The third kappa shape index (κ3) is 2.53. The van der Waals surface area contributed by atoms with Crippen LogP contribution in [0.4, 0.5) is 0 Å². The molecule has 1 atom stereocenters. The number of hydrogen-bond donors (Lipinski definition) is 1. The summed E-state index contributed by atoms with van der Waals surface area (Å²) in [6.45, 7) is 8.23. The Bertz CT molecular complexity index is 84.7. The number of rotatable bonds is 5. The van der Waals surface area contributed by atoms with E-state index in [1.54, 1.807) is 0 Å². The van der Waals surface area contributed by atoms with E-state index in [9.17, 15) is 0 Å². The molecule has 0 radical (unpaired) electrons. The molecule has 0 amide bonds. The van der Waals surface area contributed by atoms with E-state index in [0.717, 1.165) is 5.92 Å². The van der Waals surface area contributed by atoms with Crippen molar-refractivity contribution >= 4 is 0 Å². The molecule has 0 bridgehead atoms. The summed E-state index contributed by atoms with van der Waals surface area (Å²) in [5, 5.41) is 3.24. The number of hydrogen-bond acceptors (Lipinski definition) is 1. The molecular formula is C9H19N. The summed E-state index contributed by atoms with van der Waals surface area (Å²) in [6, 6.07) is 0.495. The van der Waals surface area contributed by atoms with Gasteiger partial charge in [-0.2, -0.15) is 0 Å². The van der Waals surface area contributed by atoms with Gasteiger partial charge in [-0.3, -0.25) is 0 Å². The van der Waals surface area contributed by atoms with Gasteiger partial charge in [-0.15, -0.1) is 6.58 Å². The third-order valence-corrected chi connectivity index (χ3v) is 2.14. The van der Waals surface area contributed by atoms with Gasteiger partial charge < -0.3 is 5.32 Å². The summed E-state index contributed by atoms with van der Waals surface area (Å²) in [6.07, 6.45) is 4.46. The molecule has 10 heavy (non-hydrogen) atoms. The number of nitrogens with one attached hydrogen (secondary N) is 1. The molecule has 0 aromatic rings. The maximum atomic E-state index is 3.79. The summed E-state index contributed by atoms with van der Waals surface area (Å²) in [5.74, 6) is 0.752. The smallest absolute Gasteiger partial charge is 0.0272 e. The third-order valence-electron chi connectivity index (χ3n) is 2.14. The van der Waals surface area contributed by atoms with Gasteiger partial charge in [0.2, 0.25) is 0 Å². The van der Waals surface area contributed by atoms with Crippen LogP contribution in [0.2, 0.25) is 0 Å². The van der Waals surface area contributed by atoms with Gasteiger partial charge in [-0.25, -0.2) is 0 Å². The Morgan fingerprint density at radius 1 is 1.40 bits per heavy atom. The Kier molecular flexibility index (Phi) is 5.32. The zero-order valence-electron chi connectivity index (χ0n) is 7.35. The molecule has 0 heterocycles. The lowest BCUT2D eigenvalue weighted by molar-refractivity contribution is 0.403. The van der Waals surface area contributed by atoms with E-state index in [1.807, 2.05) is 13.1 Å². The van der Waals surface area contributed by atoms with Crippen LogP contribution in [0.15, 0.2) is 12.7 Å². The van der Waals surface area contributed by atoms with Gasteiger partial charge in [0.1, 0.15) is 0 Å². The minimum Gasteiger partial charge on any atom is -0.313 e. The average molecular weight is 141 g/mol. The predicted octanol–water partition coefficient (Wildman–Crippen LogP) is 2.20. The highest BCUT2D eigenvalue weighted by Gasteiger charge is 2.11. The first kappa shape index (κ1) is 9.70. The second-order valence-corrected chi connectivity index (χ2v) is 2.63. The maximum absolute atomic E-state index is 3.79. The van der Waals surface area contributed by atoms with Crippen LogP contribution in [0.3, 0.4) is 0 Å². The zero-order valence-corrected chi connectivity index (χ0v) is 7.35. The van der Waals surface area contributed by atoms with Crippen molar-refractivity contribution in [1.82, 2.24) is 5.32 Å². The molecule has 0 rings (SSSR count). The highest BCUT2D eigenvalue weighted by atomic mass is 14.9.